The normalized spacial score (nSPS) is 13.9. The van der Waals surface area contributed by atoms with Gasteiger partial charge in [0.15, 0.2) is 20.9 Å². The van der Waals surface area contributed by atoms with Crippen LogP contribution in [-0.2, 0) is 69.3 Å². The minimum atomic E-state index is -6.13. The molecular formula is C56H31BF24OS. The van der Waals surface area contributed by atoms with Gasteiger partial charge in [-0.15, -0.1) is 0 Å². The number of halogens is 24. The van der Waals surface area contributed by atoms with Crippen molar-refractivity contribution < 1.29 is 110 Å². The molecule has 83 heavy (non-hydrogen) atoms. The largest absolute Gasteiger partial charge is 0.416 e. The van der Waals surface area contributed by atoms with Gasteiger partial charge in [0, 0.05) is 11.1 Å². The van der Waals surface area contributed by atoms with Crippen molar-refractivity contribution >= 4 is 59.5 Å². The van der Waals surface area contributed by atoms with Gasteiger partial charge in [-0.05, 0) is 69.9 Å². The Balaban J connectivity index is 0.000000313. The highest BCUT2D eigenvalue weighted by Gasteiger charge is 2.47. The molecule has 0 radical (unpaired) electrons. The molecule has 8 aromatic carbocycles. The standard InChI is InChI=1S/C32H12BF24.C24H19OS/c34-25(35,36)13-1-14(26(37,38)39)6-21(5-13)33(22-7-15(27(40,41)42)2-16(8-22)28(43,44)45,23-9-17(29(46,47)48)3-18(10-23)30(49,50)51)24-11-19(31(52,53)54)4-20(12-24)32(55,56)57;1-26(25,16-15-19-9-3-2-4-10-19)18-24-22-13-7-5-11-20(22)17-21-12-6-8-14-23(21)24/h1-12H;2-14,17H,18H2,1H3/q-1;+1. The Labute approximate surface area is 453 Å². The second-order valence-corrected chi connectivity index (χ2v) is 21.3. The molecule has 0 spiro atoms. The zero-order valence-electron chi connectivity index (χ0n) is 41.2. The fourth-order valence-corrected chi connectivity index (χ4v) is 10.6. The van der Waals surface area contributed by atoms with Crippen LogP contribution in [0.5, 0.6) is 0 Å². The van der Waals surface area contributed by atoms with Gasteiger partial charge in [0.1, 0.15) is 12.4 Å². The van der Waals surface area contributed by atoms with Crippen LogP contribution >= 0.6 is 0 Å². The van der Waals surface area contributed by atoms with Gasteiger partial charge in [-0.3, -0.25) is 0 Å². The van der Waals surface area contributed by atoms with E-state index in [1.165, 1.54) is 10.8 Å². The molecular weight excluding hydrogens is 1190 g/mol. The number of hydrogen-bond acceptors (Lipinski definition) is 1. The maximum atomic E-state index is 14.2. The van der Waals surface area contributed by atoms with Crippen LogP contribution in [-0.4, -0.2) is 12.4 Å². The molecule has 1 nitrogen and oxygen atoms in total. The molecule has 8 rings (SSSR count). The first-order valence-electron chi connectivity index (χ1n) is 23.2. The van der Waals surface area contributed by atoms with Crippen molar-refractivity contribution in [3.05, 3.63) is 213 Å². The highest BCUT2D eigenvalue weighted by molar-refractivity contribution is 8.06. The molecule has 438 valence electrons. The van der Waals surface area contributed by atoms with Crippen LogP contribution in [0, 0.1) is 11.2 Å². The zero-order chi connectivity index (χ0) is 61.9. The van der Waals surface area contributed by atoms with E-state index in [0.717, 1.165) is 21.9 Å². The van der Waals surface area contributed by atoms with Gasteiger partial charge in [0.05, 0.1) is 44.5 Å². The van der Waals surface area contributed by atoms with Crippen LogP contribution in [0.3, 0.4) is 0 Å². The van der Waals surface area contributed by atoms with Gasteiger partial charge in [0.25, 0.3) is 0 Å². The van der Waals surface area contributed by atoms with E-state index in [1.807, 2.05) is 54.6 Å². The molecule has 1 atom stereocenters. The zero-order valence-corrected chi connectivity index (χ0v) is 42.0. The highest BCUT2D eigenvalue weighted by atomic mass is 32.2. The maximum Gasteiger partial charge on any atom is 0.416 e. The summed E-state index contributed by atoms with van der Waals surface area (Å²) in [6.07, 6.45) is -53.0. The molecule has 0 aromatic heterocycles. The summed E-state index contributed by atoms with van der Waals surface area (Å²) >= 11 is 0. The second kappa shape index (κ2) is 21.8. The minimum absolute atomic E-state index is 0.453. The summed E-state index contributed by atoms with van der Waals surface area (Å²) in [5.41, 5.74) is -28.2. The van der Waals surface area contributed by atoms with Crippen LogP contribution in [0.25, 0.3) is 21.5 Å². The van der Waals surface area contributed by atoms with Gasteiger partial charge >= 0.3 is 49.4 Å². The monoisotopic (exact) mass is 1220 g/mol. The summed E-state index contributed by atoms with van der Waals surface area (Å²) in [4.78, 5) is 0. The van der Waals surface area contributed by atoms with Gasteiger partial charge in [-0.2, -0.15) is 127 Å². The molecule has 0 saturated heterocycles. The molecule has 8 aromatic rings. The minimum Gasteiger partial charge on any atom is -0.194 e. The third-order valence-corrected chi connectivity index (χ3v) is 14.3. The van der Waals surface area contributed by atoms with E-state index in [4.69, 9.17) is 0 Å². The molecule has 0 bridgehead atoms. The lowest BCUT2D eigenvalue weighted by Gasteiger charge is -2.46. The lowest BCUT2D eigenvalue weighted by molar-refractivity contribution is -0.144. The average Bonchev–Trinajstić information content (AvgIpc) is 3.36. The summed E-state index contributed by atoms with van der Waals surface area (Å²) in [6, 6.07) is 19.7. The first kappa shape index (κ1) is 63.0. The summed E-state index contributed by atoms with van der Waals surface area (Å²) in [5.74, 6) is 3.53. The van der Waals surface area contributed by atoms with E-state index in [1.54, 1.807) is 6.26 Å². The van der Waals surface area contributed by atoms with E-state index >= 15 is 0 Å². The number of hydrogen-bond donors (Lipinski definition) is 0. The predicted octanol–water partition coefficient (Wildman–Crippen LogP) is 16.8. The molecule has 0 N–H and O–H groups in total. The lowest BCUT2D eigenvalue weighted by atomic mass is 9.12. The smallest absolute Gasteiger partial charge is 0.194 e. The van der Waals surface area contributed by atoms with Crippen LogP contribution < -0.4 is 21.9 Å². The van der Waals surface area contributed by atoms with Crippen molar-refractivity contribution in [1.29, 1.82) is 0 Å². The fraction of sp³-hybridized carbons (Fsp3) is 0.179. The van der Waals surface area contributed by atoms with Crippen molar-refractivity contribution in [1.82, 2.24) is 0 Å². The quantitative estimate of drug-likeness (QED) is 0.0533. The molecule has 0 aliphatic heterocycles. The number of benzene rings is 8. The lowest BCUT2D eigenvalue weighted by Crippen LogP contribution is -2.75. The topological polar surface area (TPSA) is 17.1 Å². The number of fused-ring (bicyclic) bond motifs is 2. The Kier molecular flexibility index (Phi) is 16.6. The van der Waals surface area contributed by atoms with Crippen molar-refractivity contribution in [3.8, 4) is 11.2 Å². The van der Waals surface area contributed by atoms with Crippen LogP contribution in [0.4, 0.5) is 105 Å². The summed E-state index contributed by atoms with van der Waals surface area (Å²) in [5, 5.41) is 7.69. The molecule has 0 aliphatic carbocycles. The van der Waals surface area contributed by atoms with Gasteiger partial charge in [-0.25, -0.2) is 0 Å². The molecule has 0 aliphatic rings. The molecule has 0 fully saturated rings. The molecule has 1 unspecified atom stereocenters. The van der Waals surface area contributed by atoms with Gasteiger partial charge in [0.2, 0.25) is 0 Å². The van der Waals surface area contributed by atoms with Crippen LogP contribution in [0.1, 0.15) is 55.6 Å². The third-order valence-electron chi connectivity index (χ3n) is 12.9. The van der Waals surface area contributed by atoms with Gasteiger partial charge in [-0.1, -0.05) is 119 Å². The van der Waals surface area contributed by atoms with E-state index in [-0.39, 0.29) is 0 Å². The number of alkyl halides is 24. The molecule has 0 heterocycles. The third kappa shape index (κ3) is 14.2. The van der Waals surface area contributed by atoms with Crippen LogP contribution in [0.15, 0.2) is 158 Å². The Morgan fingerprint density at radius 1 is 0.337 bits per heavy atom. The maximum absolute atomic E-state index is 14.2. The summed E-state index contributed by atoms with van der Waals surface area (Å²) in [6.45, 7) is 0. The first-order chi connectivity index (χ1) is 37.9. The van der Waals surface area contributed by atoms with E-state index in [0.29, 0.717) is 5.75 Å². The average molecular weight is 1220 g/mol. The first-order valence-corrected chi connectivity index (χ1v) is 25.3. The van der Waals surface area contributed by atoms with Gasteiger partial charge < -0.3 is 0 Å². The summed E-state index contributed by atoms with van der Waals surface area (Å²) < 4.78 is 354. The highest BCUT2D eigenvalue weighted by Crippen LogP contribution is 2.42. The Bertz CT molecular complexity index is 3340. The van der Waals surface area contributed by atoms with E-state index in [2.05, 4.69) is 41.5 Å². The van der Waals surface area contributed by atoms with Crippen molar-refractivity contribution in [3.63, 3.8) is 0 Å². The van der Waals surface area contributed by atoms with Crippen molar-refractivity contribution in [2.45, 2.75) is 55.2 Å². The Morgan fingerprint density at radius 3 is 0.831 bits per heavy atom. The predicted molar refractivity (Wildman–Crippen MR) is 263 cm³/mol. The fourth-order valence-electron chi connectivity index (χ4n) is 9.33. The molecule has 0 amide bonds. The Hall–Kier alpha value is -7.63. The van der Waals surface area contributed by atoms with Crippen LogP contribution in [0.2, 0.25) is 0 Å². The second-order valence-electron chi connectivity index (χ2n) is 18.8. The molecule has 27 heteroatoms. The Morgan fingerprint density at radius 2 is 0.578 bits per heavy atom. The summed E-state index contributed by atoms with van der Waals surface area (Å²) in [7, 11) is -2.33. The van der Waals surface area contributed by atoms with E-state index in [9.17, 15) is 110 Å². The molecule has 0 saturated carbocycles. The van der Waals surface area contributed by atoms with Crippen molar-refractivity contribution in [2.75, 3.05) is 6.26 Å². The SMILES string of the molecule is C[S+](=O)(C#Cc1ccccc1)Cc1c2ccccc2cc2ccccc12.FC(F)(F)c1cc([B-](c2cc(C(F)(F)F)cc(C(F)(F)F)c2)(c2cc(C(F)(F)F)cc(C(F)(F)F)c2)c2cc(C(F)(F)F)cc(C(F)(F)F)c2)cc(C(F)(F)F)c1. The van der Waals surface area contributed by atoms with Crippen molar-refractivity contribution in [2.24, 2.45) is 0 Å². The van der Waals surface area contributed by atoms with E-state index < -0.39 is 205 Å². The number of rotatable bonds is 6.